The molecule has 5 atom stereocenters. The van der Waals surface area contributed by atoms with Gasteiger partial charge in [0, 0.05) is 23.5 Å². The van der Waals surface area contributed by atoms with Gasteiger partial charge in [0.15, 0.2) is 0 Å². The van der Waals surface area contributed by atoms with Gasteiger partial charge in [0.25, 0.3) is 0 Å². The molecule has 0 aromatic carbocycles. The molecule has 0 aromatic rings. The van der Waals surface area contributed by atoms with Crippen molar-refractivity contribution in [2.24, 2.45) is 22.7 Å². The van der Waals surface area contributed by atoms with E-state index in [1.807, 2.05) is 12.2 Å². The first kappa shape index (κ1) is 19.2. The minimum atomic E-state index is -0.402. The van der Waals surface area contributed by atoms with Crippen molar-refractivity contribution in [2.45, 2.75) is 59.0 Å². The Morgan fingerprint density at radius 3 is 2.71 bits per heavy atom. The summed E-state index contributed by atoms with van der Waals surface area (Å²) in [5, 5.41) is 0. The van der Waals surface area contributed by atoms with Gasteiger partial charge in [0.05, 0.1) is 0 Å². The minimum Gasteiger partial charge on any atom is -0.462 e. The topological polar surface area (TPSA) is 78.9 Å². The number of esters is 3. The van der Waals surface area contributed by atoms with Crippen LogP contribution in [0.5, 0.6) is 0 Å². The second kappa shape index (κ2) is 6.75. The first-order chi connectivity index (χ1) is 13.3. The van der Waals surface area contributed by atoms with Gasteiger partial charge < -0.3 is 14.2 Å². The van der Waals surface area contributed by atoms with Crippen molar-refractivity contribution in [3.63, 3.8) is 0 Å². The summed E-state index contributed by atoms with van der Waals surface area (Å²) in [5.41, 5.74) is 0.887. The molecule has 1 saturated carbocycles. The van der Waals surface area contributed by atoms with Crippen molar-refractivity contribution in [2.75, 3.05) is 13.2 Å². The van der Waals surface area contributed by atoms with E-state index in [0.717, 1.165) is 30.4 Å². The van der Waals surface area contributed by atoms with Gasteiger partial charge in [-0.2, -0.15) is 0 Å². The molecule has 1 saturated heterocycles. The number of rotatable bonds is 4. The average Bonchev–Trinajstić information content (AvgIpc) is 3.20. The summed E-state index contributed by atoms with van der Waals surface area (Å²) >= 11 is 0. The Balaban J connectivity index is 1.70. The molecule has 0 unspecified atom stereocenters. The molecule has 4 aliphatic rings. The summed E-state index contributed by atoms with van der Waals surface area (Å²) in [6.07, 6.45) is 7.44. The Morgan fingerprint density at radius 2 is 2.04 bits per heavy atom. The summed E-state index contributed by atoms with van der Waals surface area (Å²) in [4.78, 5) is 36.1. The third-order valence-corrected chi connectivity index (χ3v) is 7.70. The molecule has 152 valence electrons. The van der Waals surface area contributed by atoms with Crippen LogP contribution < -0.4 is 0 Å². The van der Waals surface area contributed by atoms with Crippen LogP contribution in [0.25, 0.3) is 0 Å². The molecule has 0 amide bonds. The van der Waals surface area contributed by atoms with Gasteiger partial charge in [-0.05, 0) is 55.4 Å². The van der Waals surface area contributed by atoms with Crippen LogP contribution in [0, 0.1) is 22.7 Å². The fourth-order valence-electron chi connectivity index (χ4n) is 6.11. The molecule has 2 aliphatic carbocycles. The number of ether oxygens (including phenoxy) is 3. The van der Waals surface area contributed by atoms with E-state index in [2.05, 4.69) is 13.8 Å². The van der Waals surface area contributed by atoms with Crippen LogP contribution in [-0.2, 0) is 28.6 Å². The Bertz CT molecular complexity index is 780. The largest absolute Gasteiger partial charge is 0.462 e. The normalized spacial score (nSPS) is 39.3. The lowest BCUT2D eigenvalue weighted by Gasteiger charge is -2.58. The van der Waals surface area contributed by atoms with Gasteiger partial charge in [-0.25, -0.2) is 9.59 Å². The maximum Gasteiger partial charge on any atom is 0.334 e. The number of carbonyl (C=O) groups excluding carboxylic acids is 3. The Labute approximate surface area is 165 Å². The Morgan fingerprint density at radius 1 is 1.25 bits per heavy atom. The van der Waals surface area contributed by atoms with Gasteiger partial charge in [-0.15, -0.1) is 0 Å². The molecule has 0 radical (unpaired) electrons. The zero-order chi connectivity index (χ0) is 20.1. The number of carbonyl (C=O) groups is 3. The molecule has 6 nitrogen and oxygen atoms in total. The number of hydrogen-bond acceptors (Lipinski definition) is 6. The zero-order valence-corrected chi connectivity index (χ0v) is 16.8. The molecule has 0 N–H and O–H groups in total. The van der Waals surface area contributed by atoms with Crippen LogP contribution in [0.2, 0.25) is 0 Å². The smallest absolute Gasteiger partial charge is 0.334 e. The quantitative estimate of drug-likeness (QED) is 0.544. The standard InChI is InChI=1S/C22H28O6/c1-13-17(28-14(2)23)11-22-12-27-20(25)16(22)5-4-6-18(22)21(13,3)9-7-15-8-10-26-19(15)24/h5,8,13,17-18H,4,6-7,9-12H2,1-3H3/t13-,17-,18-,21+,22-/m1/s1. The van der Waals surface area contributed by atoms with Crippen molar-refractivity contribution in [1.82, 2.24) is 0 Å². The SMILES string of the molecule is CC(=O)O[C@@H]1C[C@@]23COC(=O)C2=CCC[C@@H]3[C@@](C)(CCC2=CCOC2=O)[C@@H]1C. The summed E-state index contributed by atoms with van der Waals surface area (Å²) in [5.74, 6) is -0.415. The predicted molar refractivity (Wildman–Crippen MR) is 99.9 cm³/mol. The zero-order valence-electron chi connectivity index (χ0n) is 16.8. The van der Waals surface area contributed by atoms with Gasteiger partial charge in [0.2, 0.25) is 0 Å². The van der Waals surface area contributed by atoms with E-state index in [0.29, 0.717) is 26.1 Å². The van der Waals surface area contributed by atoms with E-state index in [1.54, 1.807) is 0 Å². The molecular weight excluding hydrogens is 360 g/mol. The van der Waals surface area contributed by atoms with E-state index >= 15 is 0 Å². The predicted octanol–water partition coefficient (Wildman–Crippen LogP) is 3.11. The van der Waals surface area contributed by atoms with Gasteiger partial charge in [0.1, 0.15) is 19.3 Å². The van der Waals surface area contributed by atoms with Crippen molar-refractivity contribution >= 4 is 17.9 Å². The minimum absolute atomic E-state index is 0.111. The number of hydrogen-bond donors (Lipinski definition) is 0. The summed E-state index contributed by atoms with van der Waals surface area (Å²) < 4.78 is 16.3. The van der Waals surface area contributed by atoms with Crippen LogP contribution in [0.1, 0.15) is 52.9 Å². The summed E-state index contributed by atoms with van der Waals surface area (Å²) in [6.45, 7) is 6.50. The summed E-state index contributed by atoms with van der Waals surface area (Å²) in [7, 11) is 0. The van der Waals surface area contributed by atoms with Crippen LogP contribution in [0.3, 0.4) is 0 Å². The molecule has 2 fully saturated rings. The second-order valence-corrected chi connectivity index (χ2v) is 8.95. The van der Waals surface area contributed by atoms with E-state index in [-0.39, 0.29) is 41.3 Å². The monoisotopic (exact) mass is 388 g/mol. The molecule has 28 heavy (non-hydrogen) atoms. The van der Waals surface area contributed by atoms with Crippen molar-refractivity contribution in [3.8, 4) is 0 Å². The number of allylic oxidation sites excluding steroid dienone is 1. The third-order valence-electron chi connectivity index (χ3n) is 7.70. The van der Waals surface area contributed by atoms with Crippen molar-refractivity contribution in [3.05, 3.63) is 23.3 Å². The Kier molecular flexibility index (Phi) is 4.63. The van der Waals surface area contributed by atoms with Crippen LogP contribution in [-0.4, -0.2) is 37.2 Å². The van der Waals surface area contributed by atoms with Crippen molar-refractivity contribution < 1.29 is 28.6 Å². The van der Waals surface area contributed by atoms with Gasteiger partial charge >= 0.3 is 17.9 Å². The molecule has 2 heterocycles. The van der Waals surface area contributed by atoms with Crippen LogP contribution in [0.15, 0.2) is 23.3 Å². The van der Waals surface area contributed by atoms with Crippen LogP contribution >= 0.6 is 0 Å². The highest BCUT2D eigenvalue weighted by Gasteiger charge is 2.64. The highest BCUT2D eigenvalue weighted by Crippen LogP contribution is 2.64. The second-order valence-electron chi connectivity index (χ2n) is 8.95. The van der Waals surface area contributed by atoms with Crippen LogP contribution in [0.4, 0.5) is 0 Å². The Hall–Kier alpha value is -2.11. The highest BCUT2D eigenvalue weighted by atomic mass is 16.6. The fraction of sp³-hybridized carbons (Fsp3) is 0.682. The lowest BCUT2D eigenvalue weighted by molar-refractivity contribution is -0.172. The first-order valence-corrected chi connectivity index (χ1v) is 10.2. The van der Waals surface area contributed by atoms with Gasteiger partial charge in [-0.1, -0.05) is 19.9 Å². The maximum atomic E-state index is 12.4. The molecule has 0 bridgehead atoms. The lowest BCUT2D eigenvalue weighted by Crippen LogP contribution is -2.57. The van der Waals surface area contributed by atoms with E-state index in [1.165, 1.54) is 6.92 Å². The molecule has 1 spiro atoms. The first-order valence-electron chi connectivity index (χ1n) is 10.2. The fourth-order valence-corrected chi connectivity index (χ4v) is 6.11. The molecule has 6 heteroatoms. The molecule has 2 aliphatic heterocycles. The molecular formula is C22H28O6. The average molecular weight is 388 g/mol. The van der Waals surface area contributed by atoms with E-state index < -0.39 is 5.41 Å². The third kappa shape index (κ3) is 2.80. The van der Waals surface area contributed by atoms with Gasteiger partial charge in [-0.3, -0.25) is 4.79 Å². The van der Waals surface area contributed by atoms with E-state index in [9.17, 15) is 14.4 Å². The maximum absolute atomic E-state index is 12.4. The molecule has 4 rings (SSSR count). The van der Waals surface area contributed by atoms with E-state index in [4.69, 9.17) is 14.2 Å². The van der Waals surface area contributed by atoms with Crippen molar-refractivity contribution in [1.29, 1.82) is 0 Å². The lowest BCUT2D eigenvalue weighted by atomic mass is 9.46. The number of cyclic esters (lactones) is 2. The molecule has 0 aromatic heterocycles. The highest BCUT2D eigenvalue weighted by molar-refractivity contribution is 5.93. The summed E-state index contributed by atoms with van der Waals surface area (Å²) in [6, 6.07) is 0.